The molecular weight excluding hydrogens is 884 g/mol. The summed E-state index contributed by atoms with van der Waals surface area (Å²) < 4.78 is 51.3. The number of hydrogen-bond acceptors (Lipinski definition) is 23. The molecule has 66 heavy (non-hydrogen) atoms. The predicted molar refractivity (Wildman–Crippen MR) is 219 cm³/mol. The first kappa shape index (κ1) is 48.1. The second-order valence-corrected chi connectivity index (χ2v) is 15.7. The van der Waals surface area contributed by atoms with Crippen LogP contribution < -0.4 is 14.9 Å². The van der Waals surface area contributed by atoms with Crippen LogP contribution in [0.4, 0.5) is 0 Å². The Hall–Kier alpha value is -5.80. The Labute approximate surface area is 372 Å². The Bertz CT molecular complexity index is 2470. The first-order valence-electron chi connectivity index (χ1n) is 20.2. The molecule has 23 nitrogen and oxygen atoms in total. The molecule has 3 fully saturated rings. The number of benzene rings is 3. The van der Waals surface area contributed by atoms with Crippen molar-refractivity contribution in [3.8, 4) is 51.6 Å². The van der Waals surface area contributed by atoms with Gasteiger partial charge in [0, 0.05) is 23.8 Å². The molecule has 0 aliphatic carbocycles. The molecule has 3 saturated heterocycles. The van der Waals surface area contributed by atoms with Crippen molar-refractivity contribution in [2.45, 2.75) is 106 Å². The average molecular weight is 933 g/mol. The van der Waals surface area contributed by atoms with Gasteiger partial charge in [-0.1, -0.05) is 6.07 Å². The van der Waals surface area contributed by atoms with Crippen molar-refractivity contribution in [2.75, 3.05) is 13.7 Å². The lowest BCUT2D eigenvalue weighted by Gasteiger charge is -2.46. The van der Waals surface area contributed by atoms with Crippen molar-refractivity contribution in [3.05, 3.63) is 70.4 Å². The number of esters is 1. The number of carbonyl (C=O) groups is 1. The SMILES string of the molecule is COc1cc(C=CC(=O)O[C@@H]2[C@@H](O)[C@H](C)O[C@@H](OC[C@H]3O[C@@H](Oc4c(-c5ccc(O)c(O)c5)oc5cc(O)cc(O)c5c4=O)[C@H](O[C@@H]4O[C@@H](C)[C@H](O)[C@@H](O)[C@H]4O)[C@@H](O)[C@H]3O)[C@@H]2O)ccc1O. The van der Waals surface area contributed by atoms with Crippen LogP contribution in [0.3, 0.4) is 0 Å². The van der Waals surface area contributed by atoms with Crippen LogP contribution in [-0.2, 0) is 33.2 Å². The third-order valence-corrected chi connectivity index (χ3v) is 11.2. The van der Waals surface area contributed by atoms with E-state index in [2.05, 4.69) is 0 Å². The molecule has 0 unspecified atom stereocenters. The van der Waals surface area contributed by atoms with Gasteiger partial charge in [-0.15, -0.1) is 0 Å². The number of fused-ring (bicyclic) bond motifs is 1. The highest BCUT2D eigenvalue weighted by Gasteiger charge is 2.52. The number of phenols is 5. The fourth-order valence-corrected chi connectivity index (χ4v) is 7.51. The summed E-state index contributed by atoms with van der Waals surface area (Å²) in [5.74, 6) is -4.87. The highest BCUT2D eigenvalue weighted by molar-refractivity contribution is 5.89. The Morgan fingerprint density at radius 3 is 2.09 bits per heavy atom. The van der Waals surface area contributed by atoms with Crippen molar-refractivity contribution in [3.63, 3.8) is 0 Å². The number of aliphatic hydroxyl groups is 7. The largest absolute Gasteiger partial charge is 0.508 e. The minimum Gasteiger partial charge on any atom is -0.508 e. The zero-order valence-electron chi connectivity index (χ0n) is 35.0. The van der Waals surface area contributed by atoms with Gasteiger partial charge in [0.05, 0.1) is 25.9 Å². The second kappa shape index (κ2) is 19.6. The number of aromatic hydroxyl groups is 5. The third kappa shape index (κ3) is 9.69. The fraction of sp³-hybridized carbons (Fsp3) is 0.442. The highest BCUT2D eigenvalue weighted by atomic mass is 16.8. The van der Waals surface area contributed by atoms with Gasteiger partial charge < -0.3 is 104 Å². The molecule has 1 aromatic heterocycles. The first-order valence-corrected chi connectivity index (χ1v) is 20.2. The summed E-state index contributed by atoms with van der Waals surface area (Å²) >= 11 is 0. The Morgan fingerprint density at radius 2 is 1.38 bits per heavy atom. The van der Waals surface area contributed by atoms with E-state index in [0.717, 1.165) is 30.3 Å². The minimum atomic E-state index is -2.11. The van der Waals surface area contributed by atoms with Crippen molar-refractivity contribution in [2.24, 2.45) is 0 Å². The van der Waals surface area contributed by atoms with Crippen LogP contribution >= 0.6 is 0 Å². The fourth-order valence-electron chi connectivity index (χ4n) is 7.51. The molecule has 0 radical (unpaired) electrons. The molecule has 358 valence electrons. The number of ether oxygens (including phenoxy) is 8. The minimum absolute atomic E-state index is 0.126. The summed E-state index contributed by atoms with van der Waals surface area (Å²) in [6, 6.07) is 9.27. The number of hydrogen-bond donors (Lipinski definition) is 12. The monoisotopic (exact) mass is 932 g/mol. The summed E-state index contributed by atoms with van der Waals surface area (Å²) in [6.07, 6.45) is -23.9. The van der Waals surface area contributed by atoms with E-state index in [0.29, 0.717) is 5.56 Å². The van der Waals surface area contributed by atoms with Gasteiger partial charge >= 0.3 is 5.97 Å². The third-order valence-electron chi connectivity index (χ3n) is 11.2. The summed E-state index contributed by atoms with van der Waals surface area (Å²) in [5, 5.41) is 127. The van der Waals surface area contributed by atoms with E-state index < -0.39 is 150 Å². The zero-order chi connectivity index (χ0) is 47.9. The zero-order valence-corrected chi connectivity index (χ0v) is 35.0. The average Bonchev–Trinajstić information content (AvgIpc) is 3.28. The summed E-state index contributed by atoms with van der Waals surface area (Å²) in [6.45, 7) is 1.93. The second-order valence-electron chi connectivity index (χ2n) is 15.7. The molecule has 15 atom stereocenters. The van der Waals surface area contributed by atoms with Crippen LogP contribution in [0, 0.1) is 0 Å². The predicted octanol–water partition coefficient (Wildman–Crippen LogP) is -0.857. The maximum atomic E-state index is 14.2. The summed E-state index contributed by atoms with van der Waals surface area (Å²) in [7, 11) is 1.34. The van der Waals surface area contributed by atoms with Crippen LogP contribution in [0.15, 0.2) is 63.8 Å². The number of carbonyl (C=O) groups excluding carboxylic acids is 1. The van der Waals surface area contributed by atoms with Gasteiger partial charge in [-0.3, -0.25) is 4.79 Å². The van der Waals surface area contributed by atoms with Gasteiger partial charge in [0.25, 0.3) is 0 Å². The van der Waals surface area contributed by atoms with Gasteiger partial charge in [-0.2, -0.15) is 0 Å². The Morgan fingerprint density at radius 1 is 0.682 bits per heavy atom. The van der Waals surface area contributed by atoms with E-state index >= 15 is 0 Å². The lowest BCUT2D eigenvalue weighted by Crippen LogP contribution is -2.65. The van der Waals surface area contributed by atoms with Crippen LogP contribution in [0.1, 0.15) is 19.4 Å². The molecule has 12 N–H and O–H groups in total. The number of methoxy groups -OCH3 is 1. The quantitative estimate of drug-likeness (QED) is 0.0467. The summed E-state index contributed by atoms with van der Waals surface area (Å²) in [4.78, 5) is 27.1. The molecule has 0 spiro atoms. The molecule has 7 rings (SSSR count). The van der Waals surface area contributed by atoms with Gasteiger partial charge in [-0.05, 0) is 55.8 Å². The maximum Gasteiger partial charge on any atom is 0.331 e. The van der Waals surface area contributed by atoms with Crippen LogP contribution in [-0.4, -0.2) is 173 Å². The van der Waals surface area contributed by atoms with Crippen molar-refractivity contribution >= 4 is 23.0 Å². The first-order chi connectivity index (χ1) is 31.3. The van der Waals surface area contributed by atoms with E-state index in [-0.39, 0.29) is 22.6 Å². The molecule has 3 aromatic carbocycles. The number of rotatable bonds is 12. The van der Waals surface area contributed by atoms with Gasteiger partial charge in [-0.25, -0.2) is 4.79 Å². The normalized spacial score (nSPS) is 32.6. The van der Waals surface area contributed by atoms with Crippen molar-refractivity contribution in [1.82, 2.24) is 0 Å². The summed E-state index contributed by atoms with van der Waals surface area (Å²) in [5.41, 5.74) is -1.21. The Kier molecular flexibility index (Phi) is 14.3. The van der Waals surface area contributed by atoms with Crippen LogP contribution in [0.5, 0.6) is 40.2 Å². The van der Waals surface area contributed by atoms with E-state index in [1.807, 2.05) is 0 Å². The standard InChI is InChI=1S/C43H48O23/c1-15-29(50)33(54)35(56)42(61-15)66-40-34(55)31(52)26(14-59-41-36(57)38(30(51)16(2)60-41)64-27(49)9-5-17-4-7-21(46)24(10-17)58-3)63-43(40)65-39-32(53)28-23(48)12-19(44)13-25(28)62-37(39)18-6-8-20(45)22(47)11-18/h4-13,15-16,26,29-31,33-36,38,40-48,50-52,54-57H,14H2,1-3H3/t15-,16-,26+,29-,30-,31-,33+,34-,35+,36+,38+,40+,41+,42-,43-/m0/s1. The molecule has 23 heteroatoms. The smallest absolute Gasteiger partial charge is 0.331 e. The van der Waals surface area contributed by atoms with Gasteiger partial charge in [0.15, 0.2) is 53.5 Å². The van der Waals surface area contributed by atoms with E-state index in [4.69, 9.17) is 42.3 Å². The molecule has 4 aromatic rings. The highest BCUT2D eigenvalue weighted by Crippen LogP contribution is 2.40. The maximum absolute atomic E-state index is 14.2. The molecule has 3 aliphatic rings. The van der Waals surface area contributed by atoms with Crippen molar-refractivity contribution in [1.29, 1.82) is 0 Å². The molecular formula is C43H48O23. The number of aliphatic hydroxyl groups excluding tert-OH is 7. The number of phenolic OH excluding ortho intramolecular Hbond substituents is 5. The van der Waals surface area contributed by atoms with Crippen LogP contribution in [0.2, 0.25) is 0 Å². The molecule has 0 bridgehead atoms. The molecule has 0 saturated carbocycles. The topological polar surface area (TPSA) is 364 Å². The lowest BCUT2D eigenvalue weighted by atomic mass is 9.97. The van der Waals surface area contributed by atoms with Crippen LogP contribution in [0.25, 0.3) is 28.4 Å². The van der Waals surface area contributed by atoms with E-state index in [9.17, 15) is 70.9 Å². The van der Waals surface area contributed by atoms with Gasteiger partial charge in [0.1, 0.15) is 71.3 Å². The van der Waals surface area contributed by atoms with E-state index in [1.165, 1.54) is 51.3 Å². The molecule has 4 heterocycles. The molecule has 0 amide bonds. The van der Waals surface area contributed by atoms with E-state index in [1.54, 1.807) is 0 Å². The Balaban J connectivity index is 1.18. The molecule has 3 aliphatic heterocycles. The van der Waals surface area contributed by atoms with Gasteiger partial charge in [0.2, 0.25) is 17.5 Å². The van der Waals surface area contributed by atoms with Crippen molar-refractivity contribution < 1.29 is 108 Å². The lowest BCUT2D eigenvalue weighted by molar-refractivity contribution is -0.360.